The first-order chi connectivity index (χ1) is 30.5. The van der Waals surface area contributed by atoms with Crippen molar-refractivity contribution in [2.75, 3.05) is 16.4 Å². The van der Waals surface area contributed by atoms with E-state index in [4.69, 9.17) is 15.7 Å². The van der Waals surface area contributed by atoms with Crippen molar-refractivity contribution in [1.82, 2.24) is 25.6 Å². The number of aromatic nitrogens is 5. The van der Waals surface area contributed by atoms with Crippen LogP contribution in [0.2, 0.25) is 0 Å². The third kappa shape index (κ3) is 7.68. The van der Waals surface area contributed by atoms with E-state index in [-0.39, 0.29) is 47.0 Å². The Morgan fingerprint density at radius 2 is 1.17 bits per heavy atom. The molecule has 9 rings (SSSR count). The minimum absolute atomic E-state index is 0.0940. The van der Waals surface area contributed by atoms with E-state index in [2.05, 4.69) is 111 Å². The summed E-state index contributed by atoms with van der Waals surface area (Å²) >= 11 is 0. The van der Waals surface area contributed by atoms with Gasteiger partial charge in [-0.25, -0.2) is 4.79 Å². The number of amides is 2. The van der Waals surface area contributed by atoms with Crippen LogP contribution in [0.15, 0.2) is 108 Å². The van der Waals surface area contributed by atoms with Gasteiger partial charge in [-0.15, -0.1) is 6.42 Å². The summed E-state index contributed by atoms with van der Waals surface area (Å²) < 4.78 is 10.3. The van der Waals surface area contributed by atoms with Crippen LogP contribution in [0.3, 0.4) is 0 Å². The Bertz CT molecular complexity index is 2940. The first-order valence-electron chi connectivity index (χ1n) is 21.3. The molecular formula is C52H51N7O5. The van der Waals surface area contributed by atoms with E-state index >= 15 is 0 Å². The molecule has 0 fully saturated rings. The number of anilines is 2. The molecule has 3 aromatic heterocycles. The number of rotatable bonds is 7. The predicted molar refractivity (Wildman–Crippen MR) is 247 cm³/mol. The van der Waals surface area contributed by atoms with E-state index < -0.39 is 5.97 Å². The van der Waals surface area contributed by atoms with Gasteiger partial charge in [0.1, 0.15) is 0 Å². The summed E-state index contributed by atoms with van der Waals surface area (Å²) in [5.74, 6) is 2.29. The van der Waals surface area contributed by atoms with Crippen molar-refractivity contribution in [1.29, 1.82) is 0 Å². The summed E-state index contributed by atoms with van der Waals surface area (Å²) in [6.45, 7) is 18.8. The van der Waals surface area contributed by atoms with Crippen molar-refractivity contribution in [3.63, 3.8) is 0 Å². The Balaban J connectivity index is 0.000000181. The van der Waals surface area contributed by atoms with Crippen LogP contribution in [0.5, 0.6) is 0 Å². The zero-order valence-corrected chi connectivity index (χ0v) is 37.5. The summed E-state index contributed by atoms with van der Waals surface area (Å²) in [5.41, 5.74) is 12.0. The van der Waals surface area contributed by atoms with Crippen molar-refractivity contribution in [2.24, 2.45) is 0 Å². The molecule has 0 saturated heterocycles. The quantitative estimate of drug-likeness (QED) is 0.119. The highest BCUT2D eigenvalue weighted by molar-refractivity contribution is 6.11. The molecule has 324 valence electrons. The molecule has 0 saturated carbocycles. The highest BCUT2D eigenvalue weighted by atomic mass is 16.5. The van der Waals surface area contributed by atoms with E-state index in [9.17, 15) is 14.4 Å². The van der Waals surface area contributed by atoms with Crippen LogP contribution in [0.25, 0.3) is 11.3 Å². The number of benzene rings is 4. The second-order valence-corrected chi connectivity index (χ2v) is 18.1. The van der Waals surface area contributed by atoms with Crippen molar-refractivity contribution in [3.8, 4) is 23.7 Å². The number of aryl methyl sites for hydroxylation is 2. The lowest BCUT2D eigenvalue weighted by Crippen LogP contribution is -2.30. The Morgan fingerprint density at radius 1 is 0.719 bits per heavy atom. The Labute approximate surface area is 373 Å². The van der Waals surface area contributed by atoms with E-state index in [0.29, 0.717) is 17.1 Å². The van der Waals surface area contributed by atoms with E-state index in [0.717, 1.165) is 67.3 Å². The number of nitrogens with one attached hydrogen (secondary N) is 2. The molecule has 2 atom stereocenters. The van der Waals surface area contributed by atoms with Gasteiger partial charge in [0.2, 0.25) is 0 Å². The fourth-order valence-corrected chi connectivity index (χ4v) is 8.55. The number of carbonyl (C=O) groups excluding carboxylic acids is 3. The molecule has 2 N–H and O–H groups in total. The molecule has 7 aromatic rings. The second-order valence-electron chi connectivity index (χ2n) is 18.1. The van der Waals surface area contributed by atoms with Crippen molar-refractivity contribution < 1.29 is 23.6 Å². The maximum absolute atomic E-state index is 13.7. The standard InChI is InChI=1S/C28H28N4O4.C24H23N3O/c1-6-35-27(34)20-15-21(36-31-20)17-11-13-18(14-12-17)32-24(19-10-8-7-9-16(19)2)22-23(26(32)33)29-30-25(22)28(3,4)5;1-6-16-11-13-17(14-12-16)27-21(18-10-8-7-9-15(18)2)19-20(23(27)28)25-26-22(19)24(3,4)5/h7-15,24H,6H2,1-5H3,(H,29,30);1,7-14,21H,2-5H3,(H,25,26). The maximum Gasteiger partial charge on any atom is 0.360 e. The van der Waals surface area contributed by atoms with Crippen molar-refractivity contribution >= 4 is 29.2 Å². The lowest BCUT2D eigenvalue weighted by Gasteiger charge is -2.29. The van der Waals surface area contributed by atoms with E-state index in [1.807, 2.05) is 77.7 Å². The monoisotopic (exact) mass is 853 g/mol. The zero-order chi connectivity index (χ0) is 45.7. The molecule has 2 aliphatic rings. The molecule has 2 aliphatic heterocycles. The molecule has 12 nitrogen and oxygen atoms in total. The van der Waals surface area contributed by atoms with Crippen LogP contribution in [-0.4, -0.2) is 49.9 Å². The molecule has 0 bridgehead atoms. The molecule has 64 heavy (non-hydrogen) atoms. The summed E-state index contributed by atoms with van der Waals surface area (Å²) in [4.78, 5) is 42.7. The fraction of sp³-hybridized carbons (Fsp3) is 0.269. The van der Waals surface area contributed by atoms with Crippen LogP contribution in [0.4, 0.5) is 11.4 Å². The number of fused-ring (bicyclic) bond motifs is 2. The summed E-state index contributed by atoms with van der Waals surface area (Å²) in [7, 11) is 0. The van der Waals surface area contributed by atoms with Crippen LogP contribution in [-0.2, 0) is 15.6 Å². The lowest BCUT2D eigenvalue weighted by molar-refractivity contribution is 0.0514. The third-order valence-electron chi connectivity index (χ3n) is 11.7. The van der Waals surface area contributed by atoms with Crippen molar-refractivity contribution in [2.45, 2.75) is 85.2 Å². The van der Waals surface area contributed by atoms with E-state index in [1.165, 1.54) is 0 Å². The first-order valence-corrected chi connectivity index (χ1v) is 21.3. The van der Waals surface area contributed by atoms with Gasteiger partial charge in [-0.1, -0.05) is 101 Å². The lowest BCUT2D eigenvalue weighted by atomic mass is 9.85. The number of esters is 1. The number of hydrogen-bond acceptors (Lipinski definition) is 8. The molecule has 2 unspecified atom stereocenters. The second kappa shape index (κ2) is 16.6. The van der Waals surface area contributed by atoms with Crippen LogP contribution < -0.4 is 9.80 Å². The van der Waals surface area contributed by atoms with Crippen LogP contribution >= 0.6 is 0 Å². The maximum atomic E-state index is 13.7. The Morgan fingerprint density at radius 3 is 1.59 bits per heavy atom. The van der Waals surface area contributed by atoms with Gasteiger partial charge in [0, 0.05) is 61.9 Å². The number of carbonyl (C=O) groups is 3. The number of H-pyrrole nitrogens is 2. The highest BCUT2D eigenvalue weighted by Crippen LogP contribution is 2.47. The highest BCUT2D eigenvalue weighted by Gasteiger charge is 2.46. The average Bonchev–Trinajstić information content (AvgIpc) is 4.11. The molecule has 12 heteroatoms. The number of aromatic amines is 2. The van der Waals surface area contributed by atoms with E-state index in [1.54, 1.807) is 17.9 Å². The normalized spacial score (nSPS) is 15.7. The minimum atomic E-state index is -0.531. The van der Waals surface area contributed by atoms with Gasteiger partial charge in [0.25, 0.3) is 11.8 Å². The minimum Gasteiger partial charge on any atom is -0.461 e. The number of terminal acetylenes is 1. The molecule has 0 aliphatic carbocycles. The molecule has 4 aromatic carbocycles. The topological polar surface area (TPSA) is 150 Å². The summed E-state index contributed by atoms with van der Waals surface area (Å²) in [5, 5.41) is 18.9. The van der Waals surface area contributed by atoms with Crippen LogP contribution in [0, 0.1) is 26.2 Å². The van der Waals surface area contributed by atoms with Crippen molar-refractivity contribution in [3.05, 3.63) is 171 Å². The SMILES string of the molecule is C#Cc1ccc(N2C(=O)c3n[nH]c(C(C)(C)C)c3C2c2ccccc2C)cc1.CCOC(=O)c1cc(-c2ccc(N3C(=O)c4n[nH]c(C(C)(C)C)c4C3c3ccccc3C)cc2)on1. The van der Waals surface area contributed by atoms with Gasteiger partial charge in [-0.2, -0.15) is 10.2 Å². The van der Waals surface area contributed by atoms with Gasteiger partial charge >= 0.3 is 5.97 Å². The summed E-state index contributed by atoms with van der Waals surface area (Å²) in [6.07, 6.45) is 5.49. The van der Waals surface area contributed by atoms with Gasteiger partial charge in [-0.3, -0.25) is 29.6 Å². The Kier molecular flexibility index (Phi) is 11.2. The van der Waals surface area contributed by atoms with Gasteiger partial charge in [-0.05, 0) is 91.6 Å². The fourth-order valence-electron chi connectivity index (χ4n) is 8.55. The van der Waals surface area contributed by atoms with Crippen LogP contribution in [0.1, 0.15) is 142 Å². The molecular weight excluding hydrogens is 803 g/mol. The largest absolute Gasteiger partial charge is 0.461 e. The molecule has 5 heterocycles. The number of ether oxygens (including phenoxy) is 1. The molecule has 0 radical (unpaired) electrons. The summed E-state index contributed by atoms with van der Waals surface area (Å²) in [6, 6.07) is 32.3. The van der Waals surface area contributed by atoms with Gasteiger partial charge in [0.15, 0.2) is 22.8 Å². The number of nitrogens with zero attached hydrogens (tertiary/aromatic N) is 5. The molecule has 0 spiro atoms. The van der Waals surface area contributed by atoms with Gasteiger partial charge < -0.3 is 9.26 Å². The molecule has 2 amide bonds. The number of hydrogen-bond donors (Lipinski definition) is 2. The van der Waals surface area contributed by atoms with Gasteiger partial charge in [0.05, 0.1) is 18.7 Å². The third-order valence-corrected chi connectivity index (χ3v) is 11.7. The smallest absolute Gasteiger partial charge is 0.360 e. The average molecular weight is 854 g/mol. The predicted octanol–water partition coefficient (Wildman–Crippen LogP) is 10.3. The first kappa shape index (κ1) is 43.1. The Hall–Kier alpha value is -7.52. The zero-order valence-electron chi connectivity index (χ0n) is 37.5.